The fourth-order valence-corrected chi connectivity index (χ4v) is 4.71. The molecule has 2 amide bonds. The Kier molecular flexibility index (Phi) is 6.49. The summed E-state index contributed by atoms with van der Waals surface area (Å²) in [5.74, 6) is 0.810. The monoisotopic (exact) mass is 446 g/mol. The average molecular weight is 447 g/mol. The third kappa shape index (κ3) is 4.90. The maximum Gasteiger partial charge on any atom is 0.258 e. The van der Waals surface area contributed by atoms with Crippen LogP contribution in [0.5, 0.6) is 5.75 Å². The molecule has 0 saturated heterocycles. The second kappa shape index (κ2) is 9.27. The Balaban J connectivity index is 1.25. The van der Waals surface area contributed by atoms with Crippen LogP contribution < -0.4 is 15.4 Å². The van der Waals surface area contributed by atoms with Gasteiger partial charge in [0.2, 0.25) is 5.91 Å². The minimum absolute atomic E-state index is 0.00653. The van der Waals surface area contributed by atoms with E-state index in [4.69, 9.17) is 27.9 Å². The molecule has 0 spiro atoms. The molecule has 1 heterocycles. The van der Waals surface area contributed by atoms with Gasteiger partial charge in [0, 0.05) is 24.2 Å². The van der Waals surface area contributed by atoms with E-state index in [1.165, 1.54) is 0 Å². The second-order valence-electron chi connectivity index (χ2n) is 7.91. The Morgan fingerprint density at radius 2 is 1.90 bits per heavy atom. The van der Waals surface area contributed by atoms with Crippen LogP contribution in [0.15, 0.2) is 36.4 Å². The molecule has 158 valence electrons. The zero-order valence-corrected chi connectivity index (χ0v) is 18.1. The van der Waals surface area contributed by atoms with Gasteiger partial charge in [-0.15, -0.1) is 0 Å². The number of ether oxygens (including phenoxy) is 1. The summed E-state index contributed by atoms with van der Waals surface area (Å²) in [5, 5.41) is 7.13. The summed E-state index contributed by atoms with van der Waals surface area (Å²) in [5.41, 5.74) is 2.95. The molecule has 4 rings (SSSR count). The van der Waals surface area contributed by atoms with Crippen LogP contribution in [-0.4, -0.2) is 24.5 Å². The summed E-state index contributed by atoms with van der Waals surface area (Å²) < 4.78 is 5.63. The van der Waals surface area contributed by atoms with Crippen LogP contribution in [0.1, 0.15) is 49.1 Å². The lowest BCUT2D eigenvalue weighted by Gasteiger charge is -2.30. The van der Waals surface area contributed by atoms with E-state index in [1.54, 1.807) is 12.1 Å². The number of carbonyl (C=O) groups excluding carboxylic acids is 2. The minimum Gasteiger partial charge on any atom is -0.484 e. The highest BCUT2D eigenvalue weighted by Crippen LogP contribution is 2.38. The third-order valence-electron chi connectivity index (χ3n) is 5.86. The molecule has 7 heteroatoms. The maximum atomic E-state index is 12.3. The van der Waals surface area contributed by atoms with Gasteiger partial charge in [0.25, 0.3) is 5.91 Å². The quantitative estimate of drug-likeness (QED) is 0.670. The van der Waals surface area contributed by atoms with Crippen LogP contribution in [0, 0.1) is 0 Å². The molecule has 1 fully saturated rings. The van der Waals surface area contributed by atoms with E-state index in [0.29, 0.717) is 28.1 Å². The van der Waals surface area contributed by atoms with E-state index in [0.717, 1.165) is 48.9 Å². The summed E-state index contributed by atoms with van der Waals surface area (Å²) in [6, 6.07) is 11.5. The first-order chi connectivity index (χ1) is 14.5. The van der Waals surface area contributed by atoms with E-state index >= 15 is 0 Å². The first kappa shape index (κ1) is 21.0. The fourth-order valence-electron chi connectivity index (χ4n) is 4.24. The number of halogens is 2. The Bertz CT molecular complexity index is 955. The van der Waals surface area contributed by atoms with Crippen molar-refractivity contribution in [1.29, 1.82) is 0 Å². The Hall–Kier alpha value is -2.24. The first-order valence-electron chi connectivity index (χ1n) is 10.3. The van der Waals surface area contributed by atoms with Crippen LogP contribution in [-0.2, 0) is 16.0 Å². The zero-order valence-electron chi connectivity index (χ0n) is 16.5. The topological polar surface area (TPSA) is 67.4 Å². The van der Waals surface area contributed by atoms with Crippen LogP contribution in [0.25, 0.3) is 0 Å². The fraction of sp³-hybridized carbons (Fsp3) is 0.391. The van der Waals surface area contributed by atoms with Crippen molar-refractivity contribution in [3.05, 3.63) is 57.6 Å². The predicted octanol–water partition coefficient (Wildman–Crippen LogP) is 5.10. The summed E-state index contributed by atoms with van der Waals surface area (Å²) in [7, 11) is 0. The van der Waals surface area contributed by atoms with Crippen LogP contribution in [0.2, 0.25) is 10.0 Å². The van der Waals surface area contributed by atoms with Crippen molar-refractivity contribution in [2.24, 2.45) is 0 Å². The molecule has 1 aliphatic carbocycles. The minimum atomic E-state index is -0.138. The number of rotatable bonds is 5. The van der Waals surface area contributed by atoms with Crippen molar-refractivity contribution < 1.29 is 14.3 Å². The van der Waals surface area contributed by atoms with Gasteiger partial charge in [-0.05, 0) is 61.3 Å². The van der Waals surface area contributed by atoms with Gasteiger partial charge in [-0.25, -0.2) is 0 Å². The van der Waals surface area contributed by atoms with E-state index < -0.39 is 0 Å². The SMILES string of the molecule is O=C1CCc2ccc(OCC(=O)NC3CCC(c4cccc(Cl)c4Cl)CC3)cc2N1. The largest absolute Gasteiger partial charge is 0.484 e. The van der Waals surface area contributed by atoms with Gasteiger partial charge in [-0.3, -0.25) is 9.59 Å². The number of amides is 2. The van der Waals surface area contributed by atoms with Crippen LogP contribution in [0.4, 0.5) is 5.69 Å². The van der Waals surface area contributed by atoms with Crippen LogP contribution >= 0.6 is 23.2 Å². The molecule has 2 aromatic rings. The number of nitrogens with one attached hydrogen (secondary N) is 2. The van der Waals surface area contributed by atoms with Crippen molar-refractivity contribution in [2.45, 2.75) is 50.5 Å². The number of fused-ring (bicyclic) bond motifs is 1. The van der Waals surface area contributed by atoms with Gasteiger partial charge in [-0.2, -0.15) is 0 Å². The molecule has 0 bridgehead atoms. The van der Waals surface area contributed by atoms with Crippen molar-refractivity contribution in [1.82, 2.24) is 5.32 Å². The number of aryl methyl sites for hydroxylation is 1. The zero-order chi connectivity index (χ0) is 21.1. The molecular formula is C23H24Cl2N2O3. The molecule has 1 aliphatic heterocycles. The molecule has 2 N–H and O–H groups in total. The summed E-state index contributed by atoms with van der Waals surface area (Å²) in [6.45, 7) is -0.0488. The molecule has 0 unspecified atom stereocenters. The van der Waals surface area contributed by atoms with Crippen LogP contribution in [0.3, 0.4) is 0 Å². The van der Waals surface area contributed by atoms with E-state index in [1.807, 2.05) is 24.3 Å². The van der Waals surface area contributed by atoms with Gasteiger partial charge < -0.3 is 15.4 Å². The summed E-state index contributed by atoms with van der Waals surface area (Å²) in [4.78, 5) is 23.9. The summed E-state index contributed by atoms with van der Waals surface area (Å²) >= 11 is 12.5. The first-order valence-corrected chi connectivity index (χ1v) is 11.0. The van der Waals surface area contributed by atoms with E-state index in [-0.39, 0.29) is 24.5 Å². The molecule has 1 saturated carbocycles. The molecule has 0 atom stereocenters. The highest BCUT2D eigenvalue weighted by atomic mass is 35.5. The van der Waals surface area contributed by atoms with Crippen molar-refractivity contribution in [3.8, 4) is 5.75 Å². The standard InChI is InChI=1S/C23H24Cl2N2O3/c24-19-3-1-2-18(23(19)25)14-4-8-16(9-5-14)26-22(29)13-30-17-10-6-15-7-11-21(28)27-20(15)12-17/h1-3,6,10,12,14,16H,4-5,7-9,11,13H2,(H,26,29)(H,27,28). The summed E-state index contributed by atoms with van der Waals surface area (Å²) in [6.07, 6.45) is 4.92. The maximum absolute atomic E-state index is 12.3. The van der Waals surface area contributed by atoms with E-state index in [9.17, 15) is 9.59 Å². The Labute approximate surface area is 186 Å². The molecule has 0 aromatic heterocycles. The number of benzene rings is 2. The number of anilines is 1. The molecule has 2 aliphatic rings. The Morgan fingerprint density at radius 3 is 2.70 bits per heavy atom. The lowest BCUT2D eigenvalue weighted by molar-refractivity contribution is -0.124. The molecule has 0 radical (unpaired) electrons. The molecule has 30 heavy (non-hydrogen) atoms. The van der Waals surface area contributed by atoms with Gasteiger partial charge >= 0.3 is 0 Å². The molecule has 5 nitrogen and oxygen atoms in total. The second-order valence-corrected chi connectivity index (χ2v) is 8.70. The lowest BCUT2D eigenvalue weighted by Crippen LogP contribution is -2.39. The smallest absolute Gasteiger partial charge is 0.258 e. The van der Waals surface area contributed by atoms with Crippen molar-refractivity contribution >= 4 is 40.7 Å². The number of carbonyl (C=O) groups is 2. The van der Waals surface area contributed by atoms with Gasteiger partial charge in [0.05, 0.1) is 10.0 Å². The number of hydrogen-bond donors (Lipinski definition) is 2. The normalized spacial score (nSPS) is 20.8. The highest BCUT2D eigenvalue weighted by molar-refractivity contribution is 6.42. The highest BCUT2D eigenvalue weighted by Gasteiger charge is 2.25. The predicted molar refractivity (Wildman–Crippen MR) is 118 cm³/mol. The van der Waals surface area contributed by atoms with Gasteiger partial charge in [0.15, 0.2) is 6.61 Å². The van der Waals surface area contributed by atoms with Gasteiger partial charge in [-0.1, -0.05) is 41.4 Å². The van der Waals surface area contributed by atoms with E-state index in [2.05, 4.69) is 10.6 Å². The molecule has 2 aromatic carbocycles. The molecular weight excluding hydrogens is 423 g/mol. The van der Waals surface area contributed by atoms with Crippen molar-refractivity contribution in [2.75, 3.05) is 11.9 Å². The van der Waals surface area contributed by atoms with Gasteiger partial charge in [0.1, 0.15) is 5.75 Å². The van der Waals surface area contributed by atoms with Crippen molar-refractivity contribution in [3.63, 3.8) is 0 Å². The lowest BCUT2D eigenvalue weighted by atomic mass is 9.81. The third-order valence-corrected chi connectivity index (χ3v) is 6.69. The average Bonchev–Trinajstić information content (AvgIpc) is 2.74. The Morgan fingerprint density at radius 1 is 1.10 bits per heavy atom. The number of hydrogen-bond acceptors (Lipinski definition) is 3.